The van der Waals surface area contributed by atoms with Crippen molar-refractivity contribution < 1.29 is 4.79 Å². The van der Waals surface area contributed by atoms with E-state index in [0.717, 1.165) is 10.6 Å². The van der Waals surface area contributed by atoms with Crippen LogP contribution < -0.4 is 10.6 Å². The van der Waals surface area contributed by atoms with Crippen LogP contribution in [-0.4, -0.2) is 24.2 Å². The summed E-state index contributed by atoms with van der Waals surface area (Å²) in [5.74, 6) is 0.665. The van der Waals surface area contributed by atoms with Crippen molar-refractivity contribution in [1.82, 2.24) is 0 Å². The van der Waals surface area contributed by atoms with Crippen molar-refractivity contribution in [2.24, 2.45) is 5.73 Å². The van der Waals surface area contributed by atoms with Crippen molar-refractivity contribution in [3.8, 4) is 0 Å². The summed E-state index contributed by atoms with van der Waals surface area (Å²) in [6, 6.07) is 8.04. The number of carbonyl (C=O) groups excluding carboxylic acids is 1. The Kier molecular flexibility index (Phi) is 2.98. The highest BCUT2D eigenvalue weighted by atomic mass is 32.2. The molecule has 3 nitrogen and oxygen atoms in total. The molecule has 4 heteroatoms. The van der Waals surface area contributed by atoms with E-state index in [2.05, 4.69) is 0 Å². The van der Waals surface area contributed by atoms with E-state index in [0.29, 0.717) is 12.3 Å². The van der Waals surface area contributed by atoms with E-state index in [4.69, 9.17) is 5.73 Å². The molecular formula is C11H14N2OS. The predicted molar refractivity (Wildman–Crippen MR) is 63.2 cm³/mol. The van der Waals surface area contributed by atoms with Crippen LogP contribution in [0.25, 0.3) is 0 Å². The third-order valence-electron chi connectivity index (χ3n) is 2.53. The molecule has 0 radical (unpaired) electrons. The molecule has 0 saturated carbocycles. The normalized spacial score (nSPS) is 17.5. The quantitative estimate of drug-likeness (QED) is 0.824. The SMILES string of the molecule is CC(CN)N1C(=O)CSc2ccccc21. The van der Waals surface area contributed by atoms with Gasteiger partial charge in [-0.2, -0.15) is 0 Å². The molecule has 0 aliphatic carbocycles. The van der Waals surface area contributed by atoms with Crippen LogP contribution in [-0.2, 0) is 4.79 Å². The molecule has 0 aromatic heterocycles. The number of benzene rings is 1. The third kappa shape index (κ3) is 1.87. The summed E-state index contributed by atoms with van der Waals surface area (Å²) in [5, 5.41) is 0. The standard InChI is InChI=1S/C11H14N2OS/c1-8(6-12)13-9-4-2-3-5-10(9)15-7-11(13)14/h2-5,8H,6-7,12H2,1H3. The fourth-order valence-corrected chi connectivity index (χ4v) is 2.62. The molecular weight excluding hydrogens is 208 g/mol. The number of para-hydroxylation sites is 1. The highest BCUT2D eigenvalue weighted by molar-refractivity contribution is 8.00. The molecule has 1 aromatic rings. The zero-order valence-electron chi connectivity index (χ0n) is 8.64. The Balaban J connectivity index is 2.41. The lowest BCUT2D eigenvalue weighted by Crippen LogP contribution is -2.45. The summed E-state index contributed by atoms with van der Waals surface area (Å²) in [5.41, 5.74) is 6.62. The molecule has 1 amide bonds. The lowest BCUT2D eigenvalue weighted by molar-refractivity contribution is -0.116. The Hall–Kier alpha value is -1.00. The molecule has 1 heterocycles. The van der Waals surface area contributed by atoms with Gasteiger partial charge in [0.1, 0.15) is 0 Å². The molecule has 2 rings (SSSR count). The molecule has 15 heavy (non-hydrogen) atoms. The van der Waals surface area contributed by atoms with Crippen LogP contribution in [0, 0.1) is 0 Å². The van der Waals surface area contributed by atoms with Gasteiger partial charge in [-0.3, -0.25) is 4.79 Å². The molecule has 0 bridgehead atoms. The van der Waals surface area contributed by atoms with Gasteiger partial charge < -0.3 is 10.6 Å². The second-order valence-electron chi connectivity index (χ2n) is 3.60. The largest absolute Gasteiger partial charge is 0.328 e. The summed E-state index contributed by atoms with van der Waals surface area (Å²) >= 11 is 1.60. The van der Waals surface area contributed by atoms with Crippen LogP contribution in [0.3, 0.4) is 0 Å². The van der Waals surface area contributed by atoms with Gasteiger partial charge in [0.05, 0.1) is 11.4 Å². The first-order valence-corrected chi connectivity index (χ1v) is 5.96. The van der Waals surface area contributed by atoms with Crippen molar-refractivity contribution in [1.29, 1.82) is 0 Å². The molecule has 80 valence electrons. The predicted octanol–water partition coefficient (Wildman–Crippen LogP) is 1.47. The van der Waals surface area contributed by atoms with Crippen LogP contribution in [0.1, 0.15) is 6.92 Å². The van der Waals surface area contributed by atoms with Crippen LogP contribution in [0.5, 0.6) is 0 Å². The lowest BCUT2D eigenvalue weighted by atomic mass is 10.2. The number of thioether (sulfide) groups is 1. The van der Waals surface area contributed by atoms with Gasteiger partial charge in [0.25, 0.3) is 0 Å². The molecule has 0 spiro atoms. The van der Waals surface area contributed by atoms with Gasteiger partial charge in [-0.1, -0.05) is 12.1 Å². The number of nitrogens with two attached hydrogens (primary N) is 1. The number of rotatable bonds is 2. The fraction of sp³-hybridized carbons (Fsp3) is 0.364. The van der Waals surface area contributed by atoms with Gasteiger partial charge >= 0.3 is 0 Å². The molecule has 1 aliphatic rings. The third-order valence-corrected chi connectivity index (χ3v) is 3.57. The number of anilines is 1. The highest BCUT2D eigenvalue weighted by Crippen LogP contribution is 2.35. The second kappa shape index (κ2) is 4.24. The van der Waals surface area contributed by atoms with E-state index in [1.165, 1.54) is 0 Å². The smallest absolute Gasteiger partial charge is 0.237 e. The van der Waals surface area contributed by atoms with Gasteiger partial charge in [0.15, 0.2) is 0 Å². The van der Waals surface area contributed by atoms with E-state index >= 15 is 0 Å². The number of nitrogens with zero attached hydrogens (tertiary/aromatic N) is 1. The molecule has 1 aliphatic heterocycles. The number of hydrogen-bond acceptors (Lipinski definition) is 3. The Morgan fingerprint density at radius 1 is 1.53 bits per heavy atom. The Morgan fingerprint density at radius 2 is 2.27 bits per heavy atom. The van der Waals surface area contributed by atoms with E-state index in [1.54, 1.807) is 11.8 Å². The number of hydrogen-bond donors (Lipinski definition) is 1. The van der Waals surface area contributed by atoms with E-state index in [9.17, 15) is 4.79 Å². The summed E-state index contributed by atoms with van der Waals surface area (Å²) in [6.07, 6.45) is 0. The summed E-state index contributed by atoms with van der Waals surface area (Å²) in [4.78, 5) is 14.8. The fourth-order valence-electron chi connectivity index (χ4n) is 1.71. The Labute approximate surface area is 93.6 Å². The van der Waals surface area contributed by atoms with Crippen molar-refractivity contribution in [3.05, 3.63) is 24.3 Å². The monoisotopic (exact) mass is 222 g/mol. The molecule has 0 fully saturated rings. The number of amides is 1. The van der Waals surface area contributed by atoms with Crippen molar-refractivity contribution in [2.45, 2.75) is 17.9 Å². The lowest BCUT2D eigenvalue weighted by Gasteiger charge is -2.33. The van der Waals surface area contributed by atoms with Gasteiger partial charge in [-0.05, 0) is 19.1 Å². The van der Waals surface area contributed by atoms with Crippen LogP contribution >= 0.6 is 11.8 Å². The minimum atomic E-state index is 0.0690. The average molecular weight is 222 g/mol. The van der Waals surface area contributed by atoms with Crippen molar-refractivity contribution >= 4 is 23.4 Å². The van der Waals surface area contributed by atoms with Crippen LogP contribution in [0.15, 0.2) is 29.2 Å². The Morgan fingerprint density at radius 3 is 3.00 bits per heavy atom. The molecule has 1 unspecified atom stereocenters. The van der Waals surface area contributed by atoms with Crippen molar-refractivity contribution in [3.63, 3.8) is 0 Å². The van der Waals surface area contributed by atoms with Crippen molar-refractivity contribution in [2.75, 3.05) is 17.2 Å². The molecule has 1 atom stereocenters. The van der Waals surface area contributed by atoms with Gasteiger partial charge in [-0.25, -0.2) is 0 Å². The van der Waals surface area contributed by atoms with Gasteiger partial charge in [0, 0.05) is 17.5 Å². The summed E-state index contributed by atoms with van der Waals surface area (Å²) < 4.78 is 0. The first-order valence-electron chi connectivity index (χ1n) is 4.98. The van der Waals surface area contributed by atoms with Gasteiger partial charge in [0.2, 0.25) is 5.91 Å². The maximum Gasteiger partial charge on any atom is 0.237 e. The van der Waals surface area contributed by atoms with E-state index in [1.807, 2.05) is 36.1 Å². The topological polar surface area (TPSA) is 46.3 Å². The first kappa shape index (κ1) is 10.5. The second-order valence-corrected chi connectivity index (χ2v) is 4.62. The minimum Gasteiger partial charge on any atom is -0.328 e. The Bertz CT molecular complexity index is 381. The number of fused-ring (bicyclic) bond motifs is 1. The first-order chi connectivity index (χ1) is 7.24. The van der Waals surface area contributed by atoms with E-state index in [-0.39, 0.29) is 11.9 Å². The molecule has 2 N–H and O–H groups in total. The van der Waals surface area contributed by atoms with E-state index < -0.39 is 0 Å². The highest BCUT2D eigenvalue weighted by Gasteiger charge is 2.27. The maximum atomic E-state index is 11.8. The van der Waals surface area contributed by atoms with Crippen LogP contribution in [0.2, 0.25) is 0 Å². The average Bonchev–Trinajstić information content (AvgIpc) is 2.28. The zero-order valence-corrected chi connectivity index (χ0v) is 9.46. The van der Waals surface area contributed by atoms with Gasteiger partial charge in [-0.15, -0.1) is 11.8 Å². The number of carbonyl (C=O) groups is 1. The zero-order chi connectivity index (χ0) is 10.8. The van der Waals surface area contributed by atoms with Crippen LogP contribution in [0.4, 0.5) is 5.69 Å². The summed E-state index contributed by atoms with van der Waals surface area (Å²) in [7, 11) is 0. The molecule has 0 saturated heterocycles. The molecule has 1 aromatic carbocycles. The minimum absolute atomic E-state index is 0.0690. The maximum absolute atomic E-state index is 11.8. The summed E-state index contributed by atoms with van der Waals surface area (Å²) in [6.45, 7) is 2.47.